The van der Waals surface area contributed by atoms with Crippen molar-refractivity contribution in [1.82, 2.24) is 9.78 Å². The molecule has 0 radical (unpaired) electrons. The fraction of sp³-hybridized carbons (Fsp3) is 0.375. The van der Waals surface area contributed by atoms with Crippen LogP contribution in [0.15, 0.2) is 30.5 Å². The predicted molar refractivity (Wildman–Crippen MR) is 84.7 cm³/mol. The number of hydrogen-bond donors (Lipinski definition) is 1. The van der Waals surface area contributed by atoms with Crippen LogP contribution in [0.5, 0.6) is 11.5 Å². The molecule has 6 nitrogen and oxygen atoms in total. The molecule has 0 aliphatic carbocycles. The Hall–Kier alpha value is -2.50. The minimum absolute atomic E-state index is 0.206. The molecule has 1 unspecified atom stereocenters. The number of anilines is 1. The second kappa shape index (κ2) is 6.98. The van der Waals surface area contributed by atoms with E-state index in [4.69, 9.17) is 9.47 Å². The molecule has 1 amide bonds. The molecule has 1 N–H and O–H groups in total. The third kappa shape index (κ3) is 3.05. The normalized spacial score (nSPS) is 11.8. The van der Waals surface area contributed by atoms with Crippen molar-refractivity contribution in [3.05, 3.63) is 36.0 Å². The number of rotatable bonds is 6. The van der Waals surface area contributed by atoms with Crippen LogP contribution < -0.4 is 14.8 Å². The summed E-state index contributed by atoms with van der Waals surface area (Å²) in [5.74, 6) is 1.33. The van der Waals surface area contributed by atoms with Crippen molar-refractivity contribution in [1.29, 1.82) is 0 Å². The summed E-state index contributed by atoms with van der Waals surface area (Å²) in [4.78, 5) is 12.5. The van der Waals surface area contributed by atoms with Gasteiger partial charge >= 0.3 is 0 Å². The number of aromatic nitrogens is 2. The van der Waals surface area contributed by atoms with E-state index in [9.17, 15) is 4.79 Å². The zero-order chi connectivity index (χ0) is 16.1. The van der Waals surface area contributed by atoms with Gasteiger partial charge < -0.3 is 14.8 Å². The lowest BCUT2D eigenvalue weighted by molar-refractivity contribution is 0.102. The van der Waals surface area contributed by atoms with Crippen molar-refractivity contribution >= 4 is 11.7 Å². The maximum atomic E-state index is 12.5. The first-order valence-electron chi connectivity index (χ1n) is 7.18. The first-order valence-corrected chi connectivity index (χ1v) is 7.18. The van der Waals surface area contributed by atoms with Crippen LogP contribution >= 0.6 is 0 Å². The zero-order valence-electron chi connectivity index (χ0n) is 13.3. The van der Waals surface area contributed by atoms with Crippen LogP contribution in [0.2, 0.25) is 0 Å². The third-order valence-electron chi connectivity index (χ3n) is 3.57. The van der Waals surface area contributed by atoms with Gasteiger partial charge in [0.15, 0.2) is 11.5 Å². The van der Waals surface area contributed by atoms with Crippen molar-refractivity contribution in [3.63, 3.8) is 0 Å². The molecule has 2 aromatic rings. The summed E-state index contributed by atoms with van der Waals surface area (Å²) in [6, 6.07) is 7.18. The van der Waals surface area contributed by atoms with Crippen LogP contribution in [0.25, 0.3) is 0 Å². The Morgan fingerprint density at radius 3 is 2.73 bits per heavy atom. The Morgan fingerprint density at radius 1 is 1.32 bits per heavy atom. The topological polar surface area (TPSA) is 65.4 Å². The van der Waals surface area contributed by atoms with Gasteiger partial charge in [-0.15, -0.1) is 0 Å². The predicted octanol–water partition coefficient (Wildman–Crippen LogP) is 3.12. The van der Waals surface area contributed by atoms with E-state index in [0.29, 0.717) is 22.9 Å². The number of benzene rings is 1. The summed E-state index contributed by atoms with van der Waals surface area (Å²) in [5.41, 5.74) is 0.416. The molecule has 0 saturated carbocycles. The Morgan fingerprint density at radius 2 is 2.09 bits per heavy atom. The summed E-state index contributed by atoms with van der Waals surface area (Å²) in [7, 11) is 3.05. The van der Waals surface area contributed by atoms with Crippen LogP contribution in [0.1, 0.15) is 36.7 Å². The quantitative estimate of drug-likeness (QED) is 0.890. The van der Waals surface area contributed by atoms with Gasteiger partial charge in [0.25, 0.3) is 5.91 Å². The minimum Gasteiger partial charge on any atom is -0.493 e. The average molecular weight is 303 g/mol. The van der Waals surface area contributed by atoms with E-state index in [0.717, 1.165) is 6.42 Å². The minimum atomic E-state index is -0.263. The largest absolute Gasteiger partial charge is 0.493 e. The number of hydrogen-bond acceptors (Lipinski definition) is 4. The summed E-state index contributed by atoms with van der Waals surface area (Å²) in [6.07, 6.45) is 2.59. The second-order valence-corrected chi connectivity index (χ2v) is 4.91. The van der Waals surface area contributed by atoms with Crippen LogP contribution in [-0.2, 0) is 0 Å². The first kappa shape index (κ1) is 15.9. The standard InChI is InChI=1S/C16H21N3O3/c1-5-11(2)19-14(9-10-17-19)18-16(20)12-7-6-8-13(21-3)15(12)22-4/h6-11H,5H2,1-4H3,(H,18,20). The highest BCUT2D eigenvalue weighted by molar-refractivity contribution is 6.06. The van der Waals surface area contributed by atoms with Crippen LogP contribution in [-0.4, -0.2) is 29.9 Å². The molecular weight excluding hydrogens is 282 g/mol. The molecule has 1 atom stereocenters. The van der Waals surface area contributed by atoms with E-state index in [1.807, 2.05) is 0 Å². The molecule has 0 bridgehead atoms. The van der Waals surface area contributed by atoms with Gasteiger partial charge in [-0.3, -0.25) is 4.79 Å². The lowest BCUT2D eigenvalue weighted by atomic mass is 10.1. The molecule has 118 valence electrons. The Balaban J connectivity index is 2.29. The van der Waals surface area contributed by atoms with E-state index < -0.39 is 0 Å². The summed E-state index contributed by atoms with van der Waals surface area (Å²) in [5, 5.41) is 7.13. The van der Waals surface area contributed by atoms with Gasteiger partial charge in [0.1, 0.15) is 5.82 Å². The van der Waals surface area contributed by atoms with Crippen molar-refractivity contribution in [2.45, 2.75) is 26.3 Å². The second-order valence-electron chi connectivity index (χ2n) is 4.91. The highest BCUT2D eigenvalue weighted by Crippen LogP contribution is 2.31. The first-order chi connectivity index (χ1) is 10.6. The monoisotopic (exact) mass is 303 g/mol. The van der Waals surface area contributed by atoms with E-state index in [1.54, 1.807) is 35.1 Å². The maximum Gasteiger partial charge on any atom is 0.260 e. The molecule has 0 fully saturated rings. The van der Waals surface area contributed by atoms with Gasteiger partial charge in [0, 0.05) is 6.07 Å². The highest BCUT2D eigenvalue weighted by atomic mass is 16.5. The van der Waals surface area contributed by atoms with Gasteiger partial charge in [-0.25, -0.2) is 4.68 Å². The van der Waals surface area contributed by atoms with Crippen LogP contribution in [0.4, 0.5) is 5.82 Å². The summed E-state index contributed by atoms with van der Waals surface area (Å²) < 4.78 is 12.3. The SMILES string of the molecule is CCC(C)n1nccc1NC(=O)c1cccc(OC)c1OC. The molecular formula is C16H21N3O3. The highest BCUT2D eigenvalue weighted by Gasteiger charge is 2.18. The zero-order valence-corrected chi connectivity index (χ0v) is 13.3. The molecule has 1 heterocycles. The van der Waals surface area contributed by atoms with E-state index in [-0.39, 0.29) is 11.9 Å². The smallest absolute Gasteiger partial charge is 0.260 e. The Kier molecular flexibility index (Phi) is 5.04. The molecule has 0 aliphatic heterocycles. The summed E-state index contributed by atoms with van der Waals surface area (Å²) in [6.45, 7) is 4.12. The van der Waals surface area contributed by atoms with E-state index >= 15 is 0 Å². The summed E-state index contributed by atoms with van der Waals surface area (Å²) >= 11 is 0. The maximum absolute atomic E-state index is 12.5. The van der Waals surface area contributed by atoms with Gasteiger partial charge in [-0.1, -0.05) is 13.0 Å². The number of carbonyl (C=O) groups excluding carboxylic acids is 1. The molecule has 22 heavy (non-hydrogen) atoms. The van der Waals surface area contributed by atoms with Gasteiger partial charge in [0.2, 0.25) is 0 Å². The Labute approximate surface area is 130 Å². The average Bonchev–Trinajstić information content (AvgIpc) is 3.01. The van der Waals surface area contributed by atoms with Gasteiger partial charge in [-0.2, -0.15) is 5.10 Å². The Bertz CT molecular complexity index is 652. The molecule has 1 aromatic heterocycles. The molecule has 0 spiro atoms. The van der Waals surface area contributed by atoms with Crippen LogP contribution in [0.3, 0.4) is 0 Å². The number of para-hydroxylation sites is 1. The molecule has 6 heteroatoms. The number of nitrogens with zero attached hydrogens (tertiary/aromatic N) is 2. The van der Waals surface area contributed by atoms with E-state index in [2.05, 4.69) is 24.3 Å². The van der Waals surface area contributed by atoms with Crippen molar-refractivity contribution in [2.24, 2.45) is 0 Å². The number of methoxy groups -OCH3 is 2. The number of nitrogens with one attached hydrogen (secondary N) is 1. The van der Waals surface area contributed by atoms with Crippen molar-refractivity contribution < 1.29 is 14.3 Å². The van der Waals surface area contributed by atoms with Gasteiger partial charge in [-0.05, 0) is 25.5 Å². The van der Waals surface area contributed by atoms with Crippen molar-refractivity contribution in [2.75, 3.05) is 19.5 Å². The van der Waals surface area contributed by atoms with Crippen LogP contribution in [0, 0.1) is 0 Å². The third-order valence-corrected chi connectivity index (χ3v) is 3.57. The molecule has 1 aromatic carbocycles. The van der Waals surface area contributed by atoms with Gasteiger partial charge in [0.05, 0.1) is 32.0 Å². The number of amides is 1. The molecule has 0 saturated heterocycles. The van der Waals surface area contributed by atoms with Crippen molar-refractivity contribution in [3.8, 4) is 11.5 Å². The van der Waals surface area contributed by atoms with E-state index in [1.165, 1.54) is 14.2 Å². The fourth-order valence-corrected chi connectivity index (χ4v) is 2.19. The number of ether oxygens (including phenoxy) is 2. The molecule has 2 rings (SSSR count). The molecule has 0 aliphatic rings. The lowest BCUT2D eigenvalue weighted by Crippen LogP contribution is -2.18. The fourth-order valence-electron chi connectivity index (χ4n) is 2.19. The number of carbonyl (C=O) groups is 1. The lowest BCUT2D eigenvalue weighted by Gasteiger charge is -2.15.